The maximum atomic E-state index is 12.0. The van der Waals surface area contributed by atoms with Gasteiger partial charge >= 0.3 is 0 Å². The topological polar surface area (TPSA) is 32.3 Å². The maximum Gasteiger partial charge on any atom is 0.230 e. The van der Waals surface area contributed by atoms with Gasteiger partial charge in [0.15, 0.2) is 0 Å². The Morgan fingerprint density at radius 3 is 2.94 bits per heavy atom. The minimum Gasteiger partial charge on any atom is -0.348 e. The van der Waals surface area contributed by atoms with Crippen molar-refractivity contribution in [2.24, 2.45) is 0 Å². The predicted octanol–water partition coefficient (Wildman–Crippen LogP) is 1.61. The third-order valence-electron chi connectivity index (χ3n) is 2.89. The Morgan fingerprint density at radius 2 is 2.25 bits per heavy atom. The van der Waals surface area contributed by atoms with E-state index in [1.165, 1.54) is 0 Å². The number of hydrogen-bond donors (Lipinski definition) is 1. The Bertz CT molecular complexity index is 417. The van der Waals surface area contributed by atoms with Gasteiger partial charge in [0, 0.05) is 32.2 Å². The summed E-state index contributed by atoms with van der Waals surface area (Å²) in [6, 6.07) is 5.79. The minimum absolute atomic E-state index is 0.0987. The summed E-state index contributed by atoms with van der Waals surface area (Å²) in [6.07, 6.45) is 0. The van der Waals surface area contributed by atoms with Gasteiger partial charge in [0.25, 0.3) is 0 Å². The fraction of sp³-hybridized carbons (Fsp3) is 0.417. The summed E-state index contributed by atoms with van der Waals surface area (Å²) in [5.41, 5.74) is 2.11. The first-order valence-electron chi connectivity index (χ1n) is 5.30. The lowest BCUT2D eigenvalue weighted by Crippen LogP contribution is -2.38. The number of fused-ring (bicyclic) bond motifs is 1. The van der Waals surface area contributed by atoms with Crippen LogP contribution in [-0.2, 0) is 11.3 Å². The average molecular weight is 239 g/mol. The summed E-state index contributed by atoms with van der Waals surface area (Å²) >= 11 is 6.19. The second-order valence-corrected chi connectivity index (χ2v) is 4.64. The molecule has 4 heteroatoms. The molecule has 1 aliphatic rings. The van der Waals surface area contributed by atoms with Crippen molar-refractivity contribution < 1.29 is 4.79 Å². The van der Waals surface area contributed by atoms with Gasteiger partial charge in [-0.2, -0.15) is 0 Å². The first kappa shape index (κ1) is 11.4. The molecule has 0 saturated carbocycles. The van der Waals surface area contributed by atoms with Gasteiger partial charge in [-0.25, -0.2) is 0 Å². The first-order valence-corrected chi connectivity index (χ1v) is 5.68. The zero-order valence-corrected chi connectivity index (χ0v) is 10.2. The van der Waals surface area contributed by atoms with Crippen molar-refractivity contribution in [1.29, 1.82) is 0 Å². The Morgan fingerprint density at radius 1 is 1.50 bits per heavy atom. The van der Waals surface area contributed by atoms with E-state index in [1.807, 2.05) is 18.2 Å². The van der Waals surface area contributed by atoms with E-state index in [1.54, 1.807) is 19.0 Å². The number of rotatable bonds is 1. The lowest BCUT2D eigenvalue weighted by atomic mass is 9.90. The second-order valence-electron chi connectivity index (χ2n) is 4.23. The van der Waals surface area contributed by atoms with Crippen molar-refractivity contribution >= 4 is 17.5 Å². The lowest BCUT2D eigenvalue weighted by Gasteiger charge is -2.28. The van der Waals surface area contributed by atoms with E-state index in [9.17, 15) is 4.79 Å². The summed E-state index contributed by atoms with van der Waals surface area (Å²) in [4.78, 5) is 13.7. The van der Waals surface area contributed by atoms with Crippen molar-refractivity contribution in [3.8, 4) is 0 Å². The molecule has 1 aliphatic heterocycles. The highest BCUT2D eigenvalue weighted by Crippen LogP contribution is 2.31. The summed E-state index contributed by atoms with van der Waals surface area (Å²) in [7, 11) is 3.54. The number of nitrogens with one attached hydrogen (secondary N) is 1. The molecule has 1 amide bonds. The fourth-order valence-corrected chi connectivity index (χ4v) is 2.43. The molecule has 1 heterocycles. The molecule has 3 nitrogen and oxygen atoms in total. The molecular weight excluding hydrogens is 224 g/mol. The van der Waals surface area contributed by atoms with Gasteiger partial charge < -0.3 is 10.2 Å². The van der Waals surface area contributed by atoms with Crippen LogP contribution in [-0.4, -0.2) is 31.4 Å². The van der Waals surface area contributed by atoms with Gasteiger partial charge in [0.05, 0.1) is 5.92 Å². The van der Waals surface area contributed by atoms with Gasteiger partial charge in [-0.3, -0.25) is 4.79 Å². The number of amides is 1. The second kappa shape index (κ2) is 4.44. The third kappa shape index (κ3) is 1.93. The SMILES string of the molecule is CN(C)C(=O)C1CNCc2cccc(Cl)c21. The Hall–Kier alpha value is -1.06. The standard InChI is InChI=1S/C12H15ClN2O/c1-15(2)12(16)9-7-14-6-8-4-3-5-10(13)11(8)9/h3-5,9,14H,6-7H2,1-2H3. The first-order chi connectivity index (χ1) is 7.61. The molecule has 2 rings (SSSR count). The van der Waals surface area contributed by atoms with E-state index in [4.69, 9.17) is 11.6 Å². The third-order valence-corrected chi connectivity index (χ3v) is 3.22. The highest BCUT2D eigenvalue weighted by molar-refractivity contribution is 6.31. The average Bonchev–Trinajstić information content (AvgIpc) is 2.27. The Labute approximate surface area is 100 Å². The number of nitrogens with zero attached hydrogens (tertiary/aromatic N) is 1. The van der Waals surface area contributed by atoms with Crippen LogP contribution in [0.15, 0.2) is 18.2 Å². The number of carbonyl (C=O) groups is 1. The van der Waals surface area contributed by atoms with Crippen LogP contribution < -0.4 is 5.32 Å². The predicted molar refractivity (Wildman–Crippen MR) is 64.6 cm³/mol. The summed E-state index contributed by atoms with van der Waals surface area (Å²) in [5, 5.41) is 3.94. The molecule has 1 atom stereocenters. The number of benzene rings is 1. The largest absolute Gasteiger partial charge is 0.348 e. The molecule has 16 heavy (non-hydrogen) atoms. The van der Waals surface area contributed by atoms with Crippen molar-refractivity contribution in [3.05, 3.63) is 34.3 Å². The monoisotopic (exact) mass is 238 g/mol. The van der Waals surface area contributed by atoms with Crippen LogP contribution >= 0.6 is 11.6 Å². The maximum absolute atomic E-state index is 12.0. The van der Waals surface area contributed by atoms with Crippen LogP contribution in [0.3, 0.4) is 0 Å². The quantitative estimate of drug-likeness (QED) is 0.807. The molecule has 0 aromatic heterocycles. The molecule has 0 aliphatic carbocycles. The van der Waals surface area contributed by atoms with Crippen molar-refractivity contribution in [2.45, 2.75) is 12.5 Å². The van der Waals surface area contributed by atoms with E-state index in [-0.39, 0.29) is 11.8 Å². The van der Waals surface area contributed by atoms with E-state index < -0.39 is 0 Å². The summed E-state index contributed by atoms with van der Waals surface area (Å²) in [5.74, 6) is -0.0611. The van der Waals surface area contributed by atoms with Gasteiger partial charge in [0.1, 0.15) is 0 Å². The molecule has 86 valence electrons. The molecule has 1 N–H and O–H groups in total. The molecule has 1 unspecified atom stereocenters. The molecule has 1 aromatic rings. The Kier molecular flexibility index (Phi) is 3.17. The number of likely N-dealkylation sites (N-methyl/N-ethyl adjacent to an activating group) is 1. The zero-order chi connectivity index (χ0) is 11.7. The number of halogens is 1. The van der Waals surface area contributed by atoms with Gasteiger partial charge in [0.2, 0.25) is 5.91 Å². The highest BCUT2D eigenvalue weighted by Gasteiger charge is 2.29. The normalized spacial score (nSPS) is 19.1. The zero-order valence-electron chi connectivity index (χ0n) is 9.46. The number of carbonyl (C=O) groups excluding carboxylic acids is 1. The van der Waals surface area contributed by atoms with Crippen molar-refractivity contribution in [3.63, 3.8) is 0 Å². The fourth-order valence-electron chi connectivity index (χ4n) is 2.10. The molecule has 0 saturated heterocycles. The van der Waals surface area contributed by atoms with Crippen molar-refractivity contribution in [1.82, 2.24) is 10.2 Å². The minimum atomic E-state index is -0.160. The van der Waals surface area contributed by atoms with Gasteiger partial charge in [-0.05, 0) is 17.2 Å². The van der Waals surface area contributed by atoms with Crippen LogP contribution in [0.5, 0.6) is 0 Å². The summed E-state index contributed by atoms with van der Waals surface area (Å²) in [6.45, 7) is 1.45. The van der Waals surface area contributed by atoms with E-state index in [2.05, 4.69) is 5.32 Å². The van der Waals surface area contributed by atoms with E-state index in [0.717, 1.165) is 17.7 Å². The molecule has 0 radical (unpaired) electrons. The molecule has 0 fully saturated rings. The Balaban J connectivity index is 2.43. The van der Waals surface area contributed by atoms with Crippen LogP contribution in [0, 0.1) is 0 Å². The van der Waals surface area contributed by atoms with Crippen LogP contribution in [0.2, 0.25) is 5.02 Å². The van der Waals surface area contributed by atoms with Crippen molar-refractivity contribution in [2.75, 3.05) is 20.6 Å². The van der Waals surface area contributed by atoms with Gasteiger partial charge in [-0.15, -0.1) is 0 Å². The smallest absolute Gasteiger partial charge is 0.230 e. The van der Waals surface area contributed by atoms with E-state index >= 15 is 0 Å². The molecule has 0 spiro atoms. The summed E-state index contributed by atoms with van der Waals surface area (Å²) < 4.78 is 0. The van der Waals surface area contributed by atoms with Gasteiger partial charge in [-0.1, -0.05) is 23.7 Å². The molecule has 0 bridgehead atoms. The number of hydrogen-bond acceptors (Lipinski definition) is 2. The lowest BCUT2D eigenvalue weighted by molar-refractivity contribution is -0.130. The molecule has 1 aromatic carbocycles. The molecular formula is C12H15ClN2O. The van der Waals surface area contributed by atoms with E-state index in [0.29, 0.717) is 11.6 Å². The van der Waals surface area contributed by atoms with Crippen LogP contribution in [0.1, 0.15) is 17.0 Å². The highest BCUT2D eigenvalue weighted by atomic mass is 35.5. The van der Waals surface area contributed by atoms with Crippen LogP contribution in [0.25, 0.3) is 0 Å². The van der Waals surface area contributed by atoms with Crippen LogP contribution in [0.4, 0.5) is 0 Å².